The third kappa shape index (κ3) is 3.30. The maximum Gasteiger partial charge on any atom is 0.145 e. The van der Waals surface area contributed by atoms with Crippen LogP contribution in [0.4, 0.5) is 0 Å². The Bertz CT molecular complexity index is 590. The van der Waals surface area contributed by atoms with E-state index in [-0.39, 0.29) is 0 Å². The molecule has 0 saturated heterocycles. The Morgan fingerprint density at radius 3 is 2.55 bits per heavy atom. The molecule has 22 heavy (non-hydrogen) atoms. The van der Waals surface area contributed by atoms with E-state index in [9.17, 15) is 0 Å². The smallest absolute Gasteiger partial charge is 0.145 e. The van der Waals surface area contributed by atoms with Gasteiger partial charge in [0.15, 0.2) is 0 Å². The fourth-order valence-electron chi connectivity index (χ4n) is 2.69. The highest BCUT2D eigenvalue weighted by atomic mass is 16.5. The van der Waals surface area contributed by atoms with Gasteiger partial charge in [-0.3, -0.25) is 0 Å². The van der Waals surface area contributed by atoms with E-state index in [0.717, 1.165) is 42.1 Å². The Morgan fingerprint density at radius 2 is 1.91 bits per heavy atom. The molecule has 5 heteroatoms. The highest BCUT2D eigenvalue weighted by Gasteiger charge is 2.21. The van der Waals surface area contributed by atoms with E-state index in [4.69, 9.17) is 10.5 Å². The second kappa shape index (κ2) is 7.94. The molecular weight excluding hydrogens is 276 g/mol. The fraction of sp³-hybridized carbons (Fsp3) is 0.529. The summed E-state index contributed by atoms with van der Waals surface area (Å²) in [7, 11) is 0. The predicted molar refractivity (Wildman–Crippen MR) is 88.4 cm³/mol. The van der Waals surface area contributed by atoms with E-state index in [1.54, 1.807) is 0 Å². The van der Waals surface area contributed by atoms with Crippen LogP contribution in [0.3, 0.4) is 0 Å². The largest absolute Gasteiger partial charge is 0.491 e. The molecule has 5 nitrogen and oxygen atoms in total. The van der Waals surface area contributed by atoms with Gasteiger partial charge in [0.25, 0.3) is 0 Å². The summed E-state index contributed by atoms with van der Waals surface area (Å²) in [4.78, 5) is 0. The number of para-hydroxylation sites is 2. The molecule has 2 aromatic rings. The van der Waals surface area contributed by atoms with Crippen LogP contribution < -0.4 is 10.5 Å². The zero-order valence-electron chi connectivity index (χ0n) is 13.7. The number of hydrogen-bond donors (Lipinski definition) is 1. The average molecular weight is 302 g/mol. The summed E-state index contributed by atoms with van der Waals surface area (Å²) in [6.45, 7) is 7.57. The first kappa shape index (κ1) is 16.5. The zero-order chi connectivity index (χ0) is 15.9. The number of benzene rings is 1. The standard InChI is InChI=1S/C17H26N4O/c1-4-11-22-16-10-8-7-9-15(16)21-17(13(5-2)6-3)14(12-18)19-20-21/h7-10,13H,4-6,11-12,18H2,1-3H3. The topological polar surface area (TPSA) is 66.0 Å². The Labute approximate surface area is 132 Å². The van der Waals surface area contributed by atoms with Crippen molar-refractivity contribution in [2.45, 2.75) is 52.5 Å². The van der Waals surface area contributed by atoms with Crippen LogP contribution in [0.5, 0.6) is 5.75 Å². The van der Waals surface area contributed by atoms with Crippen LogP contribution in [0.15, 0.2) is 24.3 Å². The number of aromatic nitrogens is 3. The van der Waals surface area contributed by atoms with Crippen LogP contribution in [0.2, 0.25) is 0 Å². The molecule has 0 saturated carbocycles. The molecule has 0 bridgehead atoms. The molecule has 1 heterocycles. The van der Waals surface area contributed by atoms with Gasteiger partial charge in [-0.25, -0.2) is 4.68 Å². The number of rotatable bonds is 8. The van der Waals surface area contributed by atoms with Crippen LogP contribution >= 0.6 is 0 Å². The maximum atomic E-state index is 5.87. The summed E-state index contributed by atoms with van der Waals surface area (Å²) in [5.74, 6) is 1.23. The van der Waals surface area contributed by atoms with Gasteiger partial charge in [0.05, 0.1) is 12.3 Å². The molecule has 2 rings (SSSR count). The van der Waals surface area contributed by atoms with Gasteiger partial charge in [-0.2, -0.15) is 0 Å². The summed E-state index contributed by atoms with van der Waals surface area (Å²) >= 11 is 0. The van der Waals surface area contributed by atoms with Crippen molar-refractivity contribution < 1.29 is 4.74 Å². The molecule has 0 aliphatic heterocycles. The van der Waals surface area contributed by atoms with Crippen LogP contribution in [-0.2, 0) is 6.54 Å². The minimum Gasteiger partial charge on any atom is -0.491 e. The van der Waals surface area contributed by atoms with Gasteiger partial charge in [-0.15, -0.1) is 5.10 Å². The molecule has 0 fully saturated rings. The summed E-state index contributed by atoms with van der Waals surface area (Å²) in [6.07, 6.45) is 3.04. The lowest BCUT2D eigenvalue weighted by Crippen LogP contribution is -2.12. The molecule has 0 atom stereocenters. The van der Waals surface area contributed by atoms with Gasteiger partial charge in [-0.05, 0) is 31.4 Å². The number of ether oxygens (including phenoxy) is 1. The first-order valence-corrected chi connectivity index (χ1v) is 8.13. The second-order valence-electron chi connectivity index (χ2n) is 5.37. The summed E-state index contributed by atoms with van der Waals surface area (Å²) < 4.78 is 7.77. The zero-order valence-corrected chi connectivity index (χ0v) is 13.7. The number of nitrogens with two attached hydrogens (primary N) is 1. The fourth-order valence-corrected chi connectivity index (χ4v) is 2.69. The number of nitrogens with zero attached hydrogens (tertiary/aromatic N) is 3. The molecule has 2 N–H and O–H groups in total. The molecule has 0 aliphatic rings. The summed E-state index contributed by atoms with van der Waals surface area (Å²) in [5, 5.41) is 8.63. The first-order valence-electron chi connectivity index (χ1n) is 8.13. The minimum atomic E-state index is 0.396. The highest BCUT2D eigenvalue weighted by Crippen LogP contribution is 2.30. The third-order valence-electron chi connectivity index (χ3n) is 3.90. The van der Waals surface area contributed by atoms with E-state index >= 15 is 0 Å². The summed E-state index contributed by atoms with van der Waals surface area (Å²) in [6, 6.07) is 7.97. The minimum absolute atomic E-state index is 0.396. The lowest BCUT2D eigenvalue weighted by atomic mass is 9.97. The lowest BCUT2D eigenvalue weighted by Gasteiger charge is -2.17. The summed E-state index contributed by atoms with van der Waals surface area (Å²) in [5.41, 5.74) is 8.78. The molecule has 0 unspecified atom stereocenters. The molecule has 0 aliphatic carbocycles. The predicted octanol–water partition coefficient (Wildman–Crippen LogP) is 3.42. The van der Waals surface area contributed by atoms with Crippen molar-refractivity contribution in [1.29, 1.82) is 0 Å². The van der Waals surface area contributed by atoms with Crippen molar-refractivity contribution in [2.75, 3.05) is 6.61 Å². The van der Waals surface area contributed by atoms with Crippen molar-refractivity contribution in [3.05, 3.63) is 35.7 Å². The van der Waals surface area contributed by atoms with E-state index in [1.165, 1.54) is 0 Å². The average Bonchev–Trinajstić information content (AvgIpc) is 2.98. The monoisotopic (exact) mass is 302 g/mol. The number of hydrogen-bond acceptors (Lipinski definition) is 4. The van der Waals surface area contributed by atoms with Crippen molar-refractivity contribution in [3.63, 3.8) is 0 Å². The normalized spacial score (nSPS) is 11.1. The van der Waals surface area contributed by atoms with Crippen LogP contribution in [0, 0.1) is 0 Å². The molecule has 0 spiro atoms. The Balaban J connectivity index is 2.51. The van der Waals surface area contributed by atoms with Crippen molar-refractivity contribution in [1.82, 2.24) is 15.0 Å². The SMILES string of the molecule is CCCOc1ccccc1-n1nnc(CN)c1C(CC)CC. The Hall–Kier alpha value is -1.88. The molecule has 0 radical (unpaired) electrons. The van der Waals surface area contributed by atoms with Crippen molar-refractivity contribution in [3.8, 4) is 11.4 Å². The van der Waals surface area contributed by atoms with Gasteiger partial charge in [0.2, 0.25) is 0 Å². The van der Waals surface area contributed by atoms with Gasteiger partial charge >= 0.3 is 0 Å². The van der Waals surface area contributed by atoms with Crippen molar-refractivity contribution in [2.24, 2.45) is 5.73 Å². The second-order valence-corrected chi connectivity index (χ2v) is 5.37. The van der Waals surface area contributed by atoms with Crippen LogP contribution in [0.1, 0.15) is 57.3 Å². The van der Waals surface area contributed by atoms with Crippen LogP contribution in [0.25, 0.3) is 5.69 Å². The molecule has 1 aromatic carbocycles. The maximum absolute atomic E-state index is 5.87. The van der Waals surface area contributed by atoms with E-state index in [0.29, 0.717) is 19.1 Å². The Kier molecular flexibility index (Phi) is 5.95. The van der Waals surface area contributed by atoms with E-state index < -0.39 is 0 Å². The molecular formula is C17H26N4O. The van der Waals surface area contributed by atoms with Gasteiger partial charge < -0.3 is 10.5 Å². The van der Waals surface area contributed by atoms with E-state index in [1.807, 2.05) is 28.9 Å². The molecule has 1 aromatic heterocycles. The van der Waals surface area contributed by atoms with Gasteiger partial charge in [0, 0.05) is 12.5 Å². The van der Waals surface area contributed by atoms with E-state index in [2.05, 4.69) is 31.1 Å². The first-order chi connectivity index (χ1) is 10.8. The third-order valence-corrected chi connectivity index (χ3v) is 3.90. The highest BCUT2D eigenvalue weighted by molar-refractivity contribution is 5.47. The lowest BCUT2D eigenvalue weighted by molar-refractivity contribution is 0.315. The van der Waals surface area contributed by atoms with Gasteiger partial charge in [-0.1, -0.05) is 38.1 Å². The molecule has 120 valence electrons. The Morgan fingerprint density at radius 1 is 1.18 bits per heavy atom. The van der Waals surface area contributed by atoms with Gasteiger partial charge in [0.1, 0.15) is 17.1 Å². The van der Waals surface area contributed by atoms with Crippen LogP contribution in [-0.4, -0.2) is 21.6 Å². The van der Waals surface area contributed by atoms with Crippen molar-refractivity contribution >= 4 is 0 Å². The molecule has 0 amide bonds. The quantitative estimate of drug-likeness (QED) is 0.811.